The molecule has 1 amide bonds. The van der Waals surface area contributed by atoms with Gasteiger partial charge in [-0.05, 0) is 37.6 Å². The van der Waals surface area contributed by atoms with E-state index >= 15 is 0 Å². The summed E-state index contributed by atoms with van der Waals surface area (Å²) in [4.78, 5) is 11.5. The zero-order valence-electron chi connectivity index (χ0n) is 8.13. The van der Waals surface area contributed by atoms with E-state index in [2.05, 4.69) is 5.32 Å². The van der Waals surface area contributed by atoms with Gasteiger partial charge in [-0.15, -0.1) is 12.4 Å². The third-order valence-electron chi connectivity index (χ3n) is 2.53. The molecular weight excluding hydrogens is 200 g/mol. The van der Waals surface area contributed by atoms with E-state index in [1.54, 1.807) is 6.07 Å². The number of fused-ring (bicyclic) bond motifs is 1. The minimum absolute atomic E-state index is 0. The molecule has 0 atom stereocenters. The first kappa shape index (κ1) is 10.9. The summed E-state index contributed by atoms with van der Waals surface area (Å²) in [5, 5.41) is 2.82. The highest BCUT2D eigenvalue weighted by atomic mass is 35.5. The molecule has 76 valence electrons. The average molecular weight is 213 g/mol. The quantitative estimate of drug-likeness (QED) is 0.646. The van der Waals surface area contributed by atoms with Crippen LogP contribution in [0.25, 0.3) is 0 Å². The van der Waals surface area contributed by atoms with Gasteiger partial charge in [0.2, 0.25) is 5.91 Å². The lowest BCUT2D eigenvalue weighted by Crippen LogP contribution is -2.26. The summed E-state index contributed by atoms with van der Waals surface area (Å²) >= 11 is 0. The van der Waals surface area contributed by atoms with Crippen LogP contribution in [0, 0.1) is 0 Å². The number of hydrogen-bond donors (Lipinski definition) is 2. The molecule has 14 heavy (non-hydrogen) atoms. The molecule has 1 aliphatic rings. The van der Waals surface area contributed by atoms with Gasteiger partial charge >= 0.3 is 0 Å². The number of hydrogen-bond acceptors (Lipinski definition) is 2. The summed E-state index contributed by atoms with van der Waals surface area (Å²) in [6.45, 7) is 3.79. The Morgan fingerprint density at radius 3 is 2.64 bits per heavy atom. The van der Waals surface area contributed by atoms with E-state index < -0.39 is 5.41 Å². The van der Waals surface area contributed by atoms with Gasteiger partial charge in [-0.25, -0.2) is 0 Å². The summed E-state index contributed by atoms with van der Waals surface area (Å²) in [6.07, 6.45) is 0. The molecule has 3 N–H and O–H groups in total. The fraction of sp³-hybridized carbons (Fsp3) is 0.300. The number of nitrogens with one attached hydrogen (secondary N) is 1. The molecule has 0 aromatic heterocycles. The van der Waals surface area contributed by atoms with E-state index in [1.165, 1.54) is 0 Å². The van der Waals surface area contributed by atoms with Gasteiger partial charge in [0.25, 0.3) is 0 Å². The number of rotatable bonds is 0. The monoisotopic (exact) mass is 212 g/mol. The van der Waals surface area contributed by atoms with Crippen molar-refractivity contribution in [2.75, 3.05) is 11.1 Å². The molecule has 0 spiro atoms. The second kappa shape index (κ2) is 3.17. The minimum Gasteiger partial charge on any atom is -0.399 e. The van der Waals surface area contributed by atoms with E-state index in [0.29, 0.717) is 5.69 Å². The van der Waals surface area contributed by atoms with Crippen molar-refractivity contribution in [3.63, 3.8) is 0 Å². The molecule has 2 rings (SSSR count). The van der Waals surface area contributed by atoms with Crippen molar-refractivity contribution in [3.05, 3.63) is 23.8 Å². The predicted octanol–water partition coefficient (Wildman–Crippen LogP) is 1.92. The van der Waals surface area contributed by atoms with Gasteiger partial charge in [0.1, 0.15) is 0 Å². The highest BCUT2D eigenvalue weighted by Gasteiger charge is 2.38. The second-order valence-corrected chi connectivity index (χ2v) is 3.88. The lowest BCUT2D eigenvalue weighted by molar-refractivity contribution is -0.119. The molecule has 3 nitrogen and oxygen atoms in total. The highest BCUT2D eigenvalue weighted by molar-refractivity contribution is 6.05. The number of anilines is 2. The van der Waals surface area contributed by atoms with Gasteiger partial charge < -0.3 is 11.1 Å². The zero-order valence-corrected chi connectivity index (χ0v) is 8.94. The molecular formula is C10H13ClN2O. The van der Waals surface area contributed by atoms with Gasteiger partial charge in [-0.3, -0.25) is 4.79 Å². The Morgan fingerprint density at radius 2 is 2.00 bits per heavy atom. The molecule has 0 bridgehead atoms. The smallest absolute Gasteiger partial charge is 0.234 e. The average Bonchev–Trinajstić information content (AvgIpc) is 2.27. The number of carbonyl (C=O) groups excluding carboxylic acids is 1. The van der Waals surface area contributed by atoms with E-state index in [4.69, 9.17) is 5.73 Å². The normalized spacial score (nSPS) is 16.9. The molecule has 0 radical (unpaired) electrons. The van der Waals surface area contributed by atoms with E-state index in [0.717, 1.165) is 11.3 Å². The Labute approximate surface area is 89.1 Å². The van der Waals surface area contributed by atoms with Crippen molar-refractivity contribution in [1.82, 2.24) is 0 Å². The van der Waals surface area contributed by atoms with Crippen LogP contribution < -0.4 is 11.1 Å². The summed E-state index contributed by atoms with van der Waals surface area (Å²) in [5.41, 5.74) is 7.76. The maximum atomic E-state index is 11.5. The summed E-state index contributed by atoms with van der Waals surface area (Å²) in [7, 11) is 0. The number of halogens is 1. The third kappa shape index (κ3) is 1.34. The molecule has 0 fully saturated rings. The number of amides is 1. The van der Waals surface area contributed by atoms with Crippen LogP contribution in [0.4, 0.5) is 11.4 Å². The van der Waals surface area contributed by atoms with Crippen molar-refractivity contribution in [2.45, 2.75) is 19.3 Å². The molecule has 0 unspecified atom stereocenters. The number of benzene rings is 1. The van der Waals surface area contributed by atoms with Crippen LogP contribution in [0.1, 0.15) is 19.4 Å². The van der Waals surface area contributed by atoms with Crippen LogP contribution in [0.15, 0.2) is 18.2 Å². The van der Waals surface area contributed by atoms with Gasteiger partial charge in [-0.1, -0.05) is 0 Å². The standard InChI is InChI=1S/C10H12N2O.ClH/c1-10(2)7-5-6(11)3-4-8(7)12-9(10)13;/h3-5H,11H2,1-2H3,(H,12,13);1H. The summed E-state index contributed by atoms with van der Waals surface area (Å²) in [6, 6.07) is 5.49. The highest BCUT2D eigenvalue weighted by Crippen LogP contribution is 2.37. The van der Waals surface area contributed by atoms with Gasteiger partial charge in [0, 0.05) is 11.4 Å². The molecule has 1 aromatic rings. The Hall–Kier alpha value is -1.22. The maximum absolute atomic E-state index is 11.5. The van der Waals surface area contributed by atoms with Gasteiger partial charge in [0.05, 0.1) is 5.41 Å². The first-order chi connectivity index (χ1) is 6.01. The van der Waals surface area contributed by atoms with Crippen molar-refractivity contribution >= 4 is 29.7 Å². The fourth-order valence-electron chi connectivity index (χ4n) is 1.59. The maximum Gasteiger partial charge on any atom is 0.234 e. The number of carbonyl (C=O) groups is 1. The van der Waals surface area contributed by atoms with Gasteiger partial charge in [0.15, 0.2) is 0 Å². The Balaban J connectivity index is 0.000000980. The lowest BCUT2D eigenvalue weighted by Gasteiger charge is -2.14. The largest absolute Gasteiger partial charge is 0.399 e. The molecule has 1 heterocycles. The van der Waals surface area contributed by atoms with Crippen LogP contribution in [-0.2, 0) is 10.2 Å². The lowest BCUT2D eigenvalue weighted by atomic mass is 9.86. The fourth-order valence-corrected chi connectivity index (χ4v) is 1.59. The van der Waals surface area contributed by atoms with Crippen LogP contribution in [0.5, 0.6) is 0 Å². The Bertz CT molecular complexity index is 388. The molecule has 1 aliphatic heterocycles. The topological polar surface area (TPSA) is 55.1 Å². The number of nitrogen functional groups attached to an aromatic ring is 1. The van der Waals surface area contributed by atoms with Crippen molar-refractivity contribution in [3.8, 4) is 0 Å². The van der Waals surface area contributed by atoms with Gasteiger partial charge in [-0.2, -0.15) is 0 Å². The van der Waals surface area contributed by atoms with E-state index in [1.807, 2.05) is 26.0 Å². The first-order valence-corrected chi connectivity index (χ1v) is 4.23. The van der Waals surface area contributed by atoms with E-state index in [9.17, 15) is 4.79 Å². The second-order valence-electron chi connectivity index (χ2n) is 3.88. The molecule has 4 heteroatoms. The number of nitrogens with two attached hydrogens (primary N) is 1. The van der Waals surface area contributed by atoms with Crippen molar-refractivity contribution in [2.24, 2.45) is 0 Å². The summed E-state index contributed by atoms with van der Waals surface area (Å²) in [5.74, 6) is 0.0353. The minimum atomic E-state index is -0.454. The third-order valence-corrected chi connectivity index (χ3v) is 2.53. The zero-order chi connectivity index (χ0) is 9.64. The first-order valence-electron chi connectivity index (χ1n) is 4.23. The Kier molecular flexibility index (Phi) is 2.46. The molecule has 0 saturated heterocycles. The van der Waals surface area contributed by atoms with Crippen LogP contribution >= 0.6 is 12.4 Å². The van der Waals surface area contributed by atoms with Crippen LogP contribution in [-0.4, -0.2) is 5.91 Å². The van der Waals surface area contributed by atoms with Crippen molar-refractivity contribution < 1.29 is 4.79 Å². The SMILES string of the molecule is CC1(C)C(=O)Nc2ccc(N)cc21.Cl. The molecule has 1 aromatic carbocycles. The van der Waals surface area contributed by atoms with Crippen LogP contribution in [0.2, 0.25) is 0 Å². The molecule has 0 aliphatic carbocycles. The van der Waals surface area contributed by atoms with Crippen LogP contribution in [0.3, 0.4) is 0 Å². The Morgan fingerprint density at radius 1 is 1.36 bits per heavy atom. The predicted molar refractivity (Wildman–Crippen MR) is 59.8 cm³/mol. The van der Waals surface area contributed by atoms with Crippen molar-refractivity contribution in [1.29, 1.82) is 0 Å². The summed E-state index contributed by atoms with van der Waals surface area (Å²) < 4.78 is 0. The van der Waals surface area contributed by atoms with E-state index in [-0.39, 0.29) is 18.3 Å². The molecule has 0 saturated carbocycles.